The molecule has 1 aliphatic rings. The smallest absolute Gasteiger partial charge is 0.274 e. The van der Waals surface area contributed by atoms with Gasteiger partial charge in [0, 0.05) is 36.6 Å². The van der Waals surface area contributed by atoms with Crippen molar-refractivity contribution < 1.29 is 4.92 Å². The molecule has 1 unspecified atom stereocenters. The maximum absolute atomic E-state index is 11.2. The first-order chi connectivity index (χ1) is 13.2. The highest BCUT2D eigenvalue weighted by atomic mass is 32.1. The zero-order valence-corrected chi connectivity index (χ0v) is 16.2. The first kappa shape index (κ1) is 19.3. The maximum Gasteiger partial charge on any atom is 0.274 e. The van der Waals surface area contributed by atoms with Crippen LogP contribution in [0.4, 0.5) is 5.69 Å². The topological polar surface area (TPSA) is 82.8 Å². The van der Waals surface area contributed by atoms with E-state index in [2.05, 4.69) is 38.0 Å². The van der Waals surface area contributed by atoms with Gasteiger partial charge >= 0.3 is 0 Å². The number of hydrogen-bond acceptors (Lipinski definition) is 5. The highest BCUT2D eigenvalue weighted by Crippen LogP contribution is 2.27. The van der Waals surface area contributed by atoms with E-state index in [0.717, 1.165) is 19.6 Å². The molecule has 0 aliphatic carbocycles. The Labute approximate surface area is 163 Å². The lowest BCUT2D eigenvalue weighted by Crippen LogP contribution is -2.42. The summed E-state index contributed by atoms with van der Waals surface area (Å²) in [5, 5.41) is 19.8. The number of nitro benzene ring substituents is 1. The van der Waals surface area contributed by atoms with Crippen LogP contribution in [0.2, 0.25) is 0 Å². The van der Waals surface area contributed by atoms with Crippen LogP contribution in [-0.2, 0) is 6.54 Å². The van der Waals surface area contributed by atoms with Gasteiger partial charge in [0.05, 0.1) is 11.0 Å². The molecule has 1 aromatic carbocycles. The number of hydrogen-bond donors (Lipinski definition) is 2. The lowest BCUT2D eigenvalue weighted by Gasteiger charge is -2.27. The minimum absolute atomic E-state index is 0.119. The van der Waals surface area contributed by atoms with Crippen LogP contribution in [0.5, 0.6) is 0 Å². The molecular weight excluding hydrogens is 362 g/mol. The summed E-state index contributed by atoms with van der Waals surface area (Å²) >= 11 is 1.78. The Morgan fingerprint density at radius 3 is 2.70 bits per heavy atom. The van der Waals surface area contributed by atoms with Gasteiger partial charge in [-0.15, -0.1) is 11.3 Å². The maximum atomic E-state index is 11.2. The van der Waals surface area contributed by atoms with Crippen LogP contribution in [-0.4, -0.2) is 42.5 Å². The van der Waals surface area contributed by atoms with E-state index in [4.69, 9.17) is 0 Å². The summed E-state index contributed by atoms with van der Waals surface area (Å²) in [4.78, 5) is 18.9. The normalized spacial score (nSPS) is 16.3. The minimum Gasteiger partial charge on any atom is -0.354 e. The molecule has 27 heavy (non-hydrogen) atoms. The van der Waals surface area contributed by atoms with Gasteiger partial charge in [-0.2, -0.15) is 0 Å². The summed E-state index contributed by atoms with van der Waals surface area (Å²) in [7, 11) is 1.71. The second kappa shape index (κ2) is 9.48. The van der Waals surface area contributed by atoms with Crippen molar-refractivity contribution in [3.63, 3.8) is 0 Å². The predicted octanol–water partition coefficient (Wildman–Crippen LogP) is 3.16. The van der Waals surface area contributed by atoms with Gasteiger partial charge in [0.1, 0.15) is 0 Å². The van der Waals surface area contributed by atoms with E-state index in [-0.39, 0.29) is 10.6 Å². The molecule has 1 atom stereocenters. The van der Waals surface area contributed by atoms with E-state index in [1.54, 1.807) is 36.6 Å². The third-order valence-corrected chi connectivity index (χ3v) is 5.75. The summed E-state index contributed by atoms with van der Waals surface area (Å²) in [5.74, 6) is 0.647. The van der Waals surface area contributed by atoms with Crippen molar-refractivity contribution in [1.29, 1.82) is 0 Å². The number of nitro groups is 1. The van der Waals surface area contributed by atoms with E-state index in [1.165, 1.54) is 23.8 Å². The van der Waals surface area contributed by atoms with Gasteiger partial charge in [-0.05, 0) is 37.4 Å². The van der Waals surface area contributed by atoms with Crippen LogP contribution in [0.3, 0.4) is 0 Å². The number of guanidine groups is 1. The number of nitrogens with zero attached hydrogens (tertiary/aromatic N) is 3. The molecule has 0 radical (unpaired) electrons. The molecule has 1 aliphatic heterocycles. The quantitative estimate of drug-likeness (QED) is 0.330. The lowest BCUT2D eigenvalue weighted by molar-refractivity contribution is -0.385. The largest absolute Gasteiger partial charge is 0.354 e. The Morgan fingerprint density at radius 1 is 1.26 bits per heavy atom. The fraction of sp³-hybridized carbons (Fsp3) is 0.421. The molecule has 2 heterocycles. The molecule has 144 valence electrons. The zero-order chi connectivity index (χ0) is 19.1. The van der Waals surface area contributed by atoms with Crippen LogP contribution >= 0.6 is 11.3 Å². The second-order valence-electron chi connectivity index (χ2n) is 6.47. The molecule has 2 N–H and O–H groups in total. The first-order valence-corrected chi connectivity index (χ1v) is 10.0. The van der Waals surface area contributed by atoms with Crippen LogP contribution in [0.1, 0.15) is 29.3 Å². The van der Waals surface area contributed by atoms with E-state index >= 15 is 0 Å². The lowest BCUT2D eigenvalue weighted by atomic mass is 10.2. The van der Waals surface area contributed by atoms with E-state index in [0.29, 0.717) is 24.1 Å². The van der Waals surface area contributed by atoms with Crippen molar-refractivity contribution in [2.45, 2.75) is 25.4 Å². The summed E-state index contributed by atoms with van der Waals surface area (Å²) in [6.07, 6.45) is 2.49. The molecule has 1 fully saturated rings. The molecule has 0 spiro atoms. The molecule has 1 aromatic heterocycles. The van der Waals surface area contributed by atoms with Crippen LogP contribution in [0.15, 0.2) is 46.8 Å². The fourth-order valence-electron chi connectivity index (χ4n) is 3.38. The standard InChI is InChI=1S/C19H25N5O2S/c1-20-19(21-13-15-7-2-3-8-16(15)24(25)26)22-14-17(18-9-6-12-27-18)23-10-4-5-11-23/h2-3,6-9,12,17H,4-5,10-11,13-14H2,1H3,(H2,20,21,22). The number of thiophene rings is 1. The Morgan fingerprint density at radius 2 is 2.04 bits per heavy atom. The minimum atomic E-state index is -0.354. The highest BCUT2D eigenvalue weighted by molar-refractivity contribution is 7.10. The Hall–Kier alpha value is -2.45. The van der Waals surface area contributed by atoms with Gasteiger partial charge in [-0.1, -0.05) is 24.3 Å². The average molecular weight is 388 g/mol. The predicted molar refractivity (Wildman–Crippen MR) is 109 cm³/mol. The number of benzene rings is 1. The van der Waals surface area contributed by atoms with Crippen molar-refractivity contribution in [3.05, 3.63) is 62.3 Å². The molecule has 7 nitrogen and oxygen atoms in total. The van der Waals surface area contributed by atoms with Crippen molar-refractivity contribution in [3.8, 4) is 0 Å². The highest BCUT2D eigenvalue weighted by Gasteiger charge is 2.24. The van der Waals surface area contributed by atoms with Crippen LogP contribution in [0.25, 0.3) is 0 Å². The van der Waals surface area contributed by atoms with E-state index < -0.39 is 0 Å². The van der Waals surface area contributed by atoms with Crippen LogP contribution < -0.4 is 10.6 Å². The van der Waals surface area contributed by atoms with Crippen molar-refractivity contribution in [2.24, 2.45) is 4.99 Å². The molecule has 1 saturated heterocycles. The Kier molecular flexibility index (Phi) is 6.78. The number of likely N-dealkylation sites (tertiary alicyclic amines) is 1. The van der Waals surface area contributed by atoms with Gasteiger partial charge < -0.3 is 10.6 Å². The Bertz CT molecular complexity index is 772. The number of aliphatic imine (C=N–C) groups is 1. The van der Waals surface area contributed by atoms with E-state index in [1.807, 2.05) is 0 Å². The van der Waals surface area contributed by atoms with Crippen molar-refractivity contribution in [1.82, 2.24) is 15.5 Å². The van der Waals surface area contributed by atoms with Gasteiger partial charge in [-0.3, -0.25) is 20.0 Å². The molecule has 3 rings (SSSR count). The molecule has 8 heteroatoms. The third kappa shape index (κ3) is 5.05. The second-order valence-corrected chi connectivity index (χ2v) is 7.45. The Balaban J connectivity index is 1.60. The number of para-hydroxylation sites is 1. The molecular formula is C19H25N5O2S. The average Bonchev–Trinajstić information content (AvgIpc) is 3.39. The monoisotopic (exact) mass is 387 g/mol. The summed E-state index contributed by atoms with van der Waals surface area (Å²) in [6.45, 7) is 3.33. The summed E-state index contributed by atoms with van der Waals surface area (Å²) in [6, 6.07) is 11.3. The molecule has 0 amide bonds. The SMILES string of the molecule is CN=C(NCc1ccccc1[N+](=O)[O-])NCC(c1cccs1)N1CCCC1. The first-order valence-electron chi connectivity index (χ1n) is 9.13. The van der Waals surface area contributed by atoms with Crippen molar-refractivity contribution in [2.75, 3.05) is 26.7 Å². The van der Waals surface area contributed by atoms with E-state index in [9.17, 15) is 10.1 Å². The zero-order valence-electron chi connectivity index (χ0n) is 15.4. The van der Waals surface area contributed by atoms with Gasteiger partial charge in [0.2, 0.25) is 0 Å². The van der Waals surface area contributed by atoms with Gasteiger partial charge in [0.25, 0.3) is 5.69 Å². The van der Waals surface area contributed by atoms with Gasteiger partial charge in [-0.25, -0.2) is 0 Å². The van der Waals surface area contributed by atoms with Crippen LogP contribution in [0, 0.1) is 10.1 Å². The summed E-state index contributed by atoms with van der Waals surface area (Å²) < 4.78 is 0. The third-order valence-electron chi connectivity index (χ3n) is 4.77. The summed E-state index contributed by atoms with van der Waals surface area (Å²) in [5.41, 5.74) is 0.758. The number of nitrogens with one attached hydrogen (secondary N) is 2. The molecule has 2 aromatic rings. The molecule has 0 bridgehead atoms. The van der Waals surface area contributed by atoms with Gasteiger partial charge in [0.15, 0.2) is 5.96 Å². The molecule has 0 saturated carbocycles. The fourth-order valence-corrected chi connectivity index (χ4v) is 4.24. The number of rotatable bonds is 7. The van der Waals surface area contributed by atoms with Crippen molar-refractivity contribution >= 4 is 23.0 Å².